The molecule has 0 amide bonds. The van der Waals surface area contributed by atoms with E-state index in [0.29, 0.717) is 10.9 Å². The number of ether oxygens (including phenoxy) is 1. The predicted molar refractivity (Wildman–Crippen MR) is 55.6 cm³/mol. The van der Waals surface area contributed by atoms with Gasteiger partial charge in [-0.25, -0.2) is 4.39 Å². The van der Waals surface area contributed by atoms with Crippen molar-refractivity contribution in [2.75, 3.05) is 12.4 Å². The lowest BCUT2D eigenvalue weighted by atomic mass is 10.0. The molecule has 1 aromatic rings. The molecule has 0 N–H and O–H groups in total. The first-order valence-corrected chi connectivity index (χ1v) is 5.19. The van der Waals surface area contributed by atoms with E-state index < -0.39 is 5.82 Å². The van der Waals surface area contributed by atoms with Gasteiger partial charge in [-0.2, -0.15) is 0 Å². The number of hydrogen-bond donors (Lipinski definition) is 0. The first-order valence-electron chi connectivity index (χ1n) is 4.07. The van der Waals surface area contributed by atoms with Gasteiger partial charge >= 0.3 is 0 Å². The lowest BCUT2D eigenvalue weighted by Crippen LogP contribution is -2.02. The Labute approximate surface area is 90.2 Å². The second-order valence-electron chi connectivity index (χ2n) is 2.79. The summed E-state index contributed by atoms with van der Waals surface area (Å²) in [7, 11) is 1.40. The molecule has 0 saturated heterocycles. The van der Waals surface area contributed by atoms with Gasteiger partial charge in [0.05, 0.1) is 7.11 Å². The van der Waals surface area contributed by atoms with Crippen molar-refractivity contribution in [2.24, 2.45) is 0 Å². The predicted octanol–water partition coefficient (Wildman–Crippen LogP) is 2.51. The fourth-order valence-electron chi connectivity index (χ4n) is 1.12. The Bertz CT molecular complexity index is 328. The van der Waals surface area contributed by atoms with Crippen LogP contribution >= 0.6 is 15.9 Å². The molecule has 4 heteroatoms. The maximum absolute atomic E-state index is 13.2. The Kier molecular flexibility index (Phi) is 4.07. The molecule has 0 spiro atoms. The topological polar surface area (TPSA) is 26.3 Å². The van der Waals surface area contributed by atoms with E-state index in [0.717, 1.165) is 6.29 Å². The normalized spacial score (nSPS) is 12.2. The Morgan fingerprint density at radius 1 is 1.64 bits per heavy atom. The molecule has 0 radical (unpaired) electrons. The van der Waals surface area contributed by atoms with Crippen molar-refractivity contribution in [1.82, 2.24) is 0 Å². The van der Waals surface area contributed by atoms with E-state index in [-0.39, 0.29) is 11.7 Å². The third kappa shape index (κ3) is 2.32. The fraction of sp³-hybridized carbons (Fsp3) is 0.300. The zero-order valence-electron chi connectivity index (χ0n) is 7.67. The SMILES string of the molecule is COc1ccc(C(C=O)CBr)cc1F. The van der Waals surface area contributed by atoms with Crippen LogP contribution in [-0.4, -0.2) is 18.7 Å². The minimum Gasteiger partial charge on any atom is -0.494 e. The molecular weight excluding hydrogens is 251 g/mol. The summed E-state index contributed by atoms with van der Waals surface area (Å²) >= 11 is 3.19. The number of alkyl halides is 1. The van der Waals surface area contributed by atoms with Crippen molar-refractivity contribution in [1.29, 1.82) is 0 Å². The van der Waals surface area contributed by atoms with E-state index >= 15 is 0 Å². The van der Waals surface area contributed by atoms with Crippen molar-refractivity contribution in [3.63, 3.8) is 0 Å². The number of methoxy groups -OCH3 is 1. The number of hydrogen-bond acceptors (Lipinski definition) is 2. The van der Waals surface area contributed by atoms with Gasteiger partial charge in [-0.05, 0) is 17.7 Å². The molecule has 1 unspecified atom stereocenters. The molecule has 0 aliphatic heterocycles. The second-order valence-corrected chi connectivity index (χ2v) is 3.44. The van der Waals surface area contributed by atoms with E-state index in [9.17, 15) is 9.18 Å². The van der Waals surface area contributed by atoms with Gasteiger partial charge in [-0.1, -0.05) is 22.0 Å². The maximum atomic E-state index is 13.2. The minimum absolute atomic E-state index is 0.188. The molecule has 76 valence electrons. The molecule has 0 aliphatic carbocycles. The van der Waals surface area contributed by atoms with Crippen LogP contribution in [0.25, 0.3) is 0 Å². The molecule has 0 bridgehead atoms. The number of carbonyl (C=O) groups is 1. The van der Waals surface area contributed by atoms with Crippen LogP contribution in [0.2, 0.25) is 0 Å². The summed E-state index contributed by atoms with van der Waals surface area (Å²) in [4.78, 5) is 10.6. The zero-order valence-corrected chi connectivity index (χ0v) is 9.25. The van der Waals surface area contributed by atoms with Gasteiger partial charge in [-0.15, -0.1) is 0 Å². The van der Waals surface area contributed by atoms with Crippen LogP contribution in [0, 0.1) is 5.82 Å². The van der Waals surface area contributed by atoms with E-state index in [1.165, 1.54) is 19.2 Å². The number of halogens is 2. The molecule has 1 atom stereocenters. The number of benzene rings is 1. The smallest absolute Gasteiger partial charge is 0.165 e. The van der Waals surface area contributed by atoms with Crippen LogP contribution in [0.5, 0.6) is 5.75 Å². The summed E-state index contributed by atoms with van der Waals surface area (Å²) < 4.78 is 18.0. The summed E-state index contributed by atoms with van der Waals surface area (Å²) in [6.07, 6.45) is 0.788. The van der Waals surface area contributed by atoms with Crippen LogP contribution in [0.1, 0.15) is 11.5 Å². The van der Waals surface area contributed by atoms with Gasteiger partial charge in [-0.3, -0.25) is 0 Å². The van der Waals surface area contributed by atoms with Gasteiger partial charge in [0, 0.05) is 11.2 Å². The lowest BCUT2D eigenvalue weighted by molar-refractivity contribution is -0.108. The molecular formula is C10H10BrFO2. The molecule has 1 rings (SSSR count). The molecule has 14 heavy (non-hydrogen) atoms. The van der Waals surface area contributed by atoms with E-state index in [2.05, 4.69) is 15.9 Å². The standard InChI is InChI=1S/C10H10BrFO2/c1-14-10-3-2-7(4-9(10)12)8(5-11)6-13/h2-4,6,8H,5H2,1H3. The minimum atomic E-state index is -0.446. The third-order valence-corrected chi connectivity index (χ3v) is 2.63. The highest BCUT2D eigenvalue weighted by molar-refractivity contribution is 9.09. The number of rotatable bonds is 4. The second kappa shape index (κ2) is 5.10. The van der Waals surface area contributed by atoms with Crippen molar-refractivity contribution in [3.8, 4) is 5.75 Å². The molecule has 0 saturated carbocycles. The van der Waals surface area contributed by atoms with Crippen LogP contribution in [-0.2, 0) is 4.79 Å². The Morgan fingerprint density at radius 2 is 2.36 bits per heavy atom. The van der Waals surface area contributed by atoms with Gasteiger partial charge in [0.1, 0.15) is 6.29 Å². The lowest BCUT2D eigenvalue weighted by Gasteiger charge is -2.08. The number of carbonyl (C=O) groups excluding carboxylic acids is 1. The Morgan fingerprint density at radius 3 is 2.79 bits per heavy atom. The van der Waals surface area contributed by atoms with Crippen molar-refractivity contribution < 1.29 is 13.9 Å². The summed E-state index contributed by atoms with van der Waals surface area (Å²) in [6, 6.07) is 4.52. The van der Waals surface area contributed by atoms with Crippen LogP contribution < -0.4 is 4.74 Å². The van der Waals surface area contributed by atoms with Gasteiger partial charge in [0.2, 0.25) is 0 Å². The monoisotopic (exact) mass is 260 g/mol. The maximum Gasteiger partial charge on any atom is 0.165 e. The van der Waals surface area contributed by atoms with E-state index in [4.69, 9.17) is 4.74 Å². The summed E-state index contributed by atoms with van der Waals surface area (Å²) in [5.74, 6) is -0.568. The van der Waals surface area contributed by atoms with Crippen molar-refractivity contribution in [2.45, 2.75) is 5.92 Å². The molecule has 2 nitrogen and oxygen atoms in total. The molecule has 0 aromatic heterocycles. The number of aldehydes is 1. The van der Waals surface area contributed by atoms with E-state index in [1.54, 1.807) is 6.07 Å². The summed E-state index contributed by atoms with van der Waals surface area (Å²) in [5, 5.41) is 0.488. The first kappa shape index (κ1) is 11.2. The van der Waals surface area contributed by atoms with E-state index in [1.807, 2.05) is 0 Å². The zero-order chi connectivity index (χ0) is 10.6. The fourth-order valence-corrected chi connectivity index (χ4v) is 1.64. The average molecular weight is 261 g/mol. The van der Waals surface area contributed by atoms with Gasteiger partial charge < -0.3 is 9.53 Å². The van der Waals surface area contributed by atoms with Crippen molar-refractivity contribution in [3.05, 3.63) is 29.6 Å². The quantitative estimate of drug-likeness (QED) is 0.615. The molecule has 0 fully saturated rings. The third-order valence-electron chi connectivity index (χ3n) is 1.93. The van der Waals surface area contributed by atoms with Gasteiger partial charge in [0.15, 0.2) is 11.6 Å². The molecule has 0 heterocycles. The highest BCUT2D eigenvalue weighted by Crippen LogP contribution is 2.23. The highest BCUT2D eigenvalue weighted by atomic mass is 79.9. The Balaban J connectivity index is 3.01. The van der Waals surface area contributed by atoms with Crippen LogP contribution in [0.15, 0.2) is 18.2 Å². The largest absolute Gasteiger partial charge is 0.494 e. The average Bonchev–Trinajstić information content (AvgIpc) is 2.20. The van der Waals surface area contributed by atoms with Gasteiger partial charge in [0.25, 0.3) is 0 Å². The summed E-state index contributed by atoms with van der Waals surface area (Å²) in [6.45, 7) is 0. The van der Waals surface area contributed by atoms with Crippen molar-refractivity contribution >= 4 is 22.2 Å². The Hall–Kier alpha value is -0.900. The molecule has 1 aromatic carbocycles. The van der Waals surface area contributed by atoms with Crippen LogP contribution in [0.4, 0.5) is 4.39 Å². The van der Waals surface area contributed by atoms with Crippen LogP contribution in [0.3, 0.4) is 0 Å². The summed E-state index contributed by atoms with van der Waals surface area (Å²) in [5.41, 5.74) is 0.648. The first-order chi connectivity index (χ1) is 6.72. The highest BCUT2D eigenvalue weighted by Gasteiger charge is 2.11. The molecule has 0 aliphatic rings.